The number of amides is 2. The summed E-state index contributed by atoms with van der Waals surface area (Å²) in [5, 5.41) is 7.35. The van der Waals surface area contributed by atoms with Crippen LogP contribution >= 0.6 is 0 Å². The molecule has 4 rings (SSSR count). The Morgan fingerprint density at radius 1 is 1.06 bits per heavy atom. The lowest BCUT2D eigenvalue weighted by atomic mass is 10.2. The van der Waals surface area contributed by atoms with Gasteiger partial charge in [-0.3, -0.25) is 19.4 Å². The van der Waals surface area contributed by atoms with Gasteiger partial charge in [-0.1, -0.05) is 30.3 Å². The third kappa shape index (κ3) is 5.71. The van der Waals surface area contributed by atoms with Crippen molar-refractivity contribution in [3.8, 4) is 0 Å². The summed E-state index contributed by atoms with van der Waals surface area (Å²) in [5.74, 6) is 0.585. The van der Waals surface area contributed by atoms with Gasteiger partial charge >= 0.3 is 0 Å². The van der Waals surface area contributed by atoms with Gasteiger partial charge in [-0.15, -0.1) is 0 Å². The normalized spacial score (nSPS) is 17.6. The quantitative estimate of drug-likeness (QED) is 0.646. The summed E-state index contributed by atoms with van der Waals surface area (Å²) in [6.07, 6.45) is 1.30. The fourth-order valence-corrected chi connectivity index (χ4v) is 4.29. The minimum Gasteiger partial charge on any atom is -0.354 e. The number of nitrogens with zero attached hydrogens (tertiary/aromatic N) is 5. The average molecular weight is 425 g/mol. The summed E-state index contributed by atoms with van der Waals surface area (Å²) < 4.78 is 1.81. The molecule has 2 amide bonds. The lowest BCUT2D eigenvalue weighted by molar-refractivity contribution is -0.124. The number of aryl methyl sites for hydroxylation is 2. The van der Waals surface area contributed by atoms with Crippen LogP contribution in [0.3, 0.4) is 0 Å². The largest absolute Gasteiger partial charge is 0.354 e. The van der Waals surface area contributed by atoms with Crippen molar-refractivity contribution < 1.29 is 9.59 Å². The van der Waals surface area contributed by atoms with Crippen LogP contribution in [0.5, 0.6) is 0 Å². The van der Waals surface area contributed by atoms with Gasteiger partial charge in [0.25, 0.3) is 0 Å². The van der Waals surface area contributed by atoms with E-state index in [4.69, 9.17) is 0 Å². The Kier molecular flexibility index (Phi) is 6.99. The van der Waals surface area contributed by atoms with E-state index in [9.17, 15) is 9.59 Å². The number of fused-ring (bicyclic) bond motifs is 1. The van der Waals surface area contributed by atoms with Crippen LogP contribution in [-0.2, 0) is 22.7 Å². The second-order valence-corrected chi connectivity index (χ2v) is 8.40. The van der Waals surface area contributed by atoms with Crippen molar-refractivity contribution in [2.45, 2.75) is 32.9 Å². The molecule has 0 bridgehead atoms. The van der Waals surface area contributed by atoms with Crippen molar-refractivity contribution in [1.29, 1.82) is 0 Å². The van der Waals surface area contributed by atoms with Crippen LogP contribution in [-0.4, -0.2) is 77.2 Å². The molecule has 0 unspecified atom stereocenters. The maximum absolute atomic E-state index is 12.4. The summed E-state index contributed by atoms with van der Waals surface area (Å²) in [5.41, 5.74) is 2.23. The maximum atomic E-state index is 12.4. The number of piperazine rings is 1. The molecule has 31 heavy (non-hydrogen) atoms. The van der Waals surface area contributed by atoms with Gasteiger partial charge in [0.2, 0.25) is 11.8 Å². The zero-order valence-electron chi connectivity index (χ0n) is 18.3. The van der Waals surface area contributed by atoms with Crippen molar-refractivity contribution in [3.05, 3.63) is 47.7 Å². The molecule has 0 saturated carbocycles. The highest BCUT2D eigenvalue weighted by molar-refractivity contribution is 5.98. The smallest absolute Gasteiger partial charge is 0.240 e. The summed E-state index contributed by atoms with van der Waals surface area (Å²) in [6, 6.07) is 12.5. The highest BCUT2D eigenvalue weighted by Gasteiger charge is 2.27. The molecule has 1 N–H and O–H groups in total. The number of nitrogens with one attached hydrogen (secondary N) is 1. The first-order valence-corrected chi connectivity index (χ1v) is 11.2. The lowest BCUT2D eigenvalue weighted by Gasteiger charge is -2.34. The van der Waals surface area contributed by atoms with Crippen molar-refractivity contribution in [1.82, 2.24) is 24.9 Å². The second kappa shape index (κ2) is 10.1. The van der Waals surface area contributed by atoms with E-state index in [2.05, 4.69) is 50.5 Å². The number of aromatic nitrogens is 2. The molecule has 2 aliphatic rings. The highest BCUT2D eigenvalue weighted by Crippen LogP contribution is 2.22. The Balaban J connectivity index is 1.13. The zero-order chi connectivity index (χ0) is 21.6. The number of carbonyl (C=O) groups excluding carboxylic acids is 2. The number of anilines is 1. The highest BCUT2D eigenvalue weighted by atomic mass is 16.2. The summed E-state index contributed by atoms with van der Waals surface area (Å²) in [4.78, 5) is 31.2. The van der Waals surface area contributed by atoms with Gasteiger partial charge in [-0.25, -0.2) is 4.68 Å². The Morgan fingerprint density at radius 2 is 1.81 bits per heavy atom. The minimum absolute atomic E-state index is 0.0177. The lowest BCUT2D eigenvalue weighted by Crippen LogP contribution is -2.47. The molecule has 0 aliphatic carbocycles. The Morgan fingerprint density at radius 3 is 2.58 bits per heavy atom. The molecule has 8 heteroatoms. The van der Waals surface area contributed by atoms with Crippen LogP contribution < -0.4 is 10.2 Å². The fraction of sp³-hybridized carbons (Fsp3) is 0.522. The standard InChI is InChI=1S/C23H32N6O2/c1-19-16-22-28(23(31)8-11-29(22)25-19)18-21(30)24-9-5-10-26-12-14-27(15-13-26)17-20-6-3-2-4-7-20/h2-4,6-7,16H,5,8-15,17-18H2,1H3,(H,24,30). The second-order valence-electron chi connectivity index (χ2n) is 8.40. The molecule has 0 radical (unpaired) electrons. The third-order valence-electron chi connectivity index (χ3n) is 5.98. The molecule has 8 nitrogen and oxygen atoms in total. The van der Waals surface area contributed by atoms with Crippen molar-refractivity contribution in [3.63, 3.8) is 0 Å². The van der Waals surface area contributed by atoms with Crippen molar-refractivity contribution >= 4 is 17.6 Å². The molecule has 2 aromatic rings. The molecule has 3 heterocycles. The molecular weight excluding hydrogens is 392 g/mol. The Bertz CT molecular complexity index is 889. The summed E-state index contributed by atoms with van der Waals surface area (Å²) in [7, 11) is 0. The van der Waals surface area contributed by atoms with Gasteiger partial charge in [-0.05, 0) is 25.5 Å². The molecule has 0 atom stereocenters. The van der Waals surface area contributed by atoms with Gasteiger partial charge in [0, 0.05) is 51.8 Å². The molecule has 166 valence electrons. The molecule has 1 saturated heterocycles. The number of carbonyl (C=O) groups is 2. The van der Waals surface area contributed by atoms with E-state index >= 15 is 0 Å². The molecule has 1 aromatic carbocycles. The van der Waals surface area contributed by atoms with Crippen LogP contribution in [0.25, 0.3) is 0 Å². The van der Waals surface area contributed by atoms with Gasteiger partial charge < -0.3 is 10.2 Å². The van der Waals surface area contributed by atoms with E-state index in [-0.39, 0.29) is 18.4 Å². The zero-order valence-corrected chi connectivity index (χ0v) is 18.3. The fourth-order valence-electron chi connectivity index (χ4n) is 4.29. The van der Waals surface area contributed by atoms with E-state index < -0.39 is 0 Å². The summed E-state index contributed by atoms with van der Waals surface area (Å²) >= 11 is 0. The van der Waals surface area contributed by atoms with E-state index in [0.717, 1.165) is 57.2 Å². The molecule has 0 spiro atoms. The molecule has 1 aromatic heterocycles. The van der Waals surface area contributed by atoms with Gasteiger partial charge in [0.15, 0.2) is 0 Å². The monoisotopic (exact) mass is 424 g/mol. The first-order chi connectivity index (χ1) is 15.1. The predicted octanol–water partition coefficient (Wildman–Crippen LogP) is 1.25. The van der Waals surface area contributed by atoms with Gasteiger partial charge in [0.05, 0.1) is 12.2 Å². The Hall–Kier alpha value is -2.71. The van der Waals surface area contributed by atoms with Crippen LogP contribution in [0.15, 0.2) is 36.4 Å². The molecular formula is C23H32N6O2. The topological polar surface area (TPSA) is 73.7 Å². The van der Waals surface area contributed by atoms with Crippen molar-refractivity contribution in [2.24, 2.45) is 0 Å². The van der Waals surface area contributed by atoms with Gasteiger partial charge in [0.1, 0.15) is 12.4 Å². The van der Waals surface area contributed by atoms with Crippen LogP contribution in [0, 0.1) is 6.92 Å². The molecule has 1 fully saturated rings. The number of hydrogen-bond donors (Lipinski definition) is 1. The average Bonchev–Trinajstić information content (AvgIpc) is 3.16. The predicted molar refractivity (Wildman–Crippen MR) is 120 cm³/mol. The van der Waals surface area contributed by atoms with E-state index in [0.29, 0.717) is 19.5 Å². The first-order valence-electron chi connectivity index (χ1n) is 11.2. The van der Waals surface area contributed by atoms with Crippen LogP contribution in [0.2, 0.25) is 0 Å². The maximum Gasteiger partial charge on any atom is 0.240 e. The third-order valence-corrected chi connectivity index (χ3v) is 5.98. The van der Waals surface area contributed by atoms with Crippen molar-refractivity contribution in [2.75, 3.05) is 50.7 Å². The summed E-state index contributed by atoms with van der Waals surface area (Å²) in [6.45, 7) is 9.43. The van der Waals surface area contributed by atoms with Crippen LogP contribution in [0.1, 0.15) is 24.1 Å². The molecule has 2 aliphatic heterocycles. The van der Waals surface area contributed by atoms with Gasteiger partial charge in [-0.2, -0.15) is 5.10 Å². The Labute approximate surface area is 183 Å². The van der Waals surface area contributed by atoms with Crippen LogP contribution in [0.4, 0.5) is 5.82 Å². The van der Waals surface area contributed by atoms with E-state index in [1.54, 1.807) is 9.58 Å². The number of benzene rings is 1. The minimum atomic E-state index is -0.117. The number of hydrogen-bond acceptors (Lipinski definition) is 5. The van der Waals surface area contributed by atoms with E-state index in [1.807, 2.05) is 13.0 Å². The first kappa shape index (κ1) is 21.5. The van der Waals surface area contributed by atoms with E-state index in [1.165, 1.54) is 5.56 Å². The SMILES string of the molecule is Cc1cc2n(n1)CCC(=O)N2CC(=O)NCCCN1CCN(Cc2ccccc2)CC1. The number of rotatable bonds is 8.